The molecule has 9 heteroatoms. The fraction of sp³-hybridized carbons (Fsp3) is 0.316. The highest BCUT2D eigenvalue weighted by Gasteiger charge is 2.21. The summed E-state index contributed by atoms with van der Waals surface area (Å²) in [6.45, 7) is 6.81. The second kappa shape index (κ2) is 8.03. The quantitative estimate of drug-likeness (QED) is 0.499. The van der Waals surface area contributed by atoms with Gasteiger partial charge in [-0.05, 0) is 38.5 Å². The first kappa shape index (κ1) is 19.3. The van der Waals surface area contributed by atoms with Gasteiger partial charge >= 0.3 is 5.69 Å². The number of amides is 1. The van der Waals surface area contributed by atoms with Gasteiger partial charge in [-0.3, -0.25) is 24.3 Å². The number of carbonyl (C=O) groups excluding carboxylic acids is 1. The lowest BCUT2D eigenvalue weighted by molar-refractivity contribution is -0.386. The predicted molar refractivity (Wildman–Crippen MR) is 103 cm³/mol. The molecule has 1 amide bonds. The molecule has 0 aliphatic heterocycles. The van der Waals surface area contributed by atoms with Crippen LogP contribution in [0.5, 0.6) is 0 Å². The number of aromatic nitrogens is 4. The van der Waals surface area contributed by atoms with E-state index < -0.39 is 4.92 Å². The number of nitrogens with one attached hydrogen (secondary N) is 1. The highest BCUT2D eigenvalue weighted by molar-refractivity contribution is 5.94. The summed E-state index contributed by atoms with van der Waals surface area (Å²) < 4.78 is 3.39. The van der Waals surface area contributed by atoms with E-state index in [9.17, 15) is 14.9 Å². The molecule has 3 rings (SSSR count). The van der Waals surface area contributed by atoms with Crippen LogP contribution in [-0.4, -0.2) is 30.4 Å². The van der Waals surface area contributed by atoms with Crippen molar-refractivity contribution in [2.24, 2.45) is 0 Å². The summed E-state index contributed by atoms with van der Waals surface area (Å²) in [4.78, 5) is 23.2. The number of aryl methyl sites for hydroxylation is 2. The van der Waals surface area contributed by atoms with Crippen LogP contribution in [-0.2, 0) is 19.6 Å². The van der Waals surface area contributed by atoms with E-state index in [-0.39, 0.29) is 11.6 Å². The van der Waals surface area contributed by atoms with E-state index in [1.807, 2.05) is 19.2 Å². The van der Waals surface area contributed by atoms with Crippen LogP contribution in [0.4, 0.5) is 5.69 Å². The summed E-state index contributed by atoms with van der Waals surface area (Å²) in [6.07, 6.45) is 3.63. The maximum atomic E-state index is 12.5. The lowest BCUT2D eigenvalue weighted by atomic mass is 10.1. The molecule has 146 valence electrons. The Hall–Kier alpha value is -3.49. The summed E-state index contributed by atoms with van der Waals surface area (Å²) in [6, 6.07) is 7.16. The molecule has 9 nitrogen and oxygen atoms in total. The van der Waals surface area contributed by atoms with Crippen LogP contribution in [0.2, 0.25) is 0 Å². The third kappa shape index (κ3) is 4.08. The van der Waals surface area contributed by atoms with E-state index in [2.05, 4.69) is 15.5 Å². The Labute approximate surface area is 162 Å². The predicted octanol–water partition coefficient (Wildman–Crippen LogP) is 2.60. The lowest BCUT2D eigenvalue weighted by Gasteiger charge is -2.07. The van der Waals surface area contributed by atoms with Gasteiger partial charge in [-0.2, -0.15) is 10.2 Å². The number of nitro groups is 1. The van der Waals surface area contributed by atoms with Crippen molar-refractivity contribution >= 4 is 11.6 Å². The number of hydrogen-bond acceptors (Lipinski definition) is 5. The molecule has 2 aromatic heterocycles. The minimum atomic E-state index is -0.418. The molecule has 0 saturated carbocycles. The summed E-state index contributed by atoms with van der Waals surface area (Å²) in [5, 5.41) is 22.5. The van der Waals surface area contributed by atoms with Gasteiger partial charge < -0.3 is 5.32 Å². The number of hydrogen-bond donors (Lipinski definition) is 1. The van der Waals surface area contributed by atoms with Crippen molar-refractivity contribution in [3.05, 3.63) is 74.9 Å². The second-order valence-corrected chi connectivity index (χ2v) is 6.52. The third-order valence-corrected chi connectivity index (χ3v) is 4.51. The molecule has 0 aliphatic carbocycles. The molecule has 0 unspecified atom stereocenters. The van der Waals surface area contributed by atoms with Crippen LogP contribution < -0.4 is 5.32 Å². The Morgan fingerprint density at radius 2 is 2.07 bits per heavy atom. The van der Waals surface area contributed by atoms with E-state index in [0.29, 0.717) is 30.0 Å². The Morgan fingerprint density at radius 3 is 2.71 bits per heavy atom. The first-order valence-electron chi connectivity index (χ1n) is 8.96. The van der Waals surface area contributed by atoms with Crippen LogP contribution in [0.1, 0.15) is 39.8 Å². The Morgan fingerprint density at radius 1 is 1.29 bits per heavy atom. The van der Waals surface area contributed by atoms with Gasteiger partial charge in [0.25, 0.3) is 5.91 Å². The Kier molecular flexibility index (Phi) is 5.53. The van der Waals surface area contributed by atoms with Gasteiger partial charge in [-0.25, -0.2) is 0 Å². The van der Waals surface area contributed by atoms with Crippen LogP contribution in [0.25, 0.3) is 0 Å². The number of rotatable bonds is 7. The normalized spacial score (nSPS) is 10.8. The van der Waals surface area contributed by atoms with Crippen LogP contribution in [0.3, 0.4) is 0 Å². The molecule has 0 spiro atoms. The molecule has 1 aromatic carbocycles. The summed E-state index contributed by atoms with van der Waals surface area (Å²) in [7, 11) is 0. The van der Waals surface area contributed by atoms with E-state index in [1.165, 1.54) is 0 Å². The van der Waals surface area contributed by atoms with Crippen molar-refractivity contribution in [2.45, 2.75) is 40.4 Å². The fourth-order valence-electron chi connectivity index (χ4n) is 3.04. The topological polar surface area (TPSA) is 108 Å². The lowest BCUT2D eigenvalue weighted by Crippen LogP contribution is -2.22. The molecule has 1 N–H and O–H groups in total. The first-order chi connectivity index (χ1) is 13.4. The second-order valence-electron chi connectivity index (χ2n) is 6.52. The minimum absolute atomic E-state index is 0.0292. The zero-order valence-corrected chi connectivity index (χ0v) is 16.0. The van der Waals surface area contributed by atoms with Gasteiger partial charge in [-0.15, -0.1) is 0 Å². The van der Waals surface area contributed by atoms with Gasteiger partial charge in [0.1, 0.15) is 11.4 Å². The van der Waals surface area contributed by atoms with E-state index in [4.69, 9.17) is 0 Å². The van der Waals surface area contributed by atoms with Gasteiger partial charge in [0.2, 0.25) is 0 Å². The Balaban J connectivity index is 1.70. The van der Waals surface area contributed by atoms with Crippen molar-refractivity contribution in [3.8, 4) is 0 Å². The monoisotopic (exact) mass is 382 g/mol. The fourth-order valence-corrected chi connectivity index (χ4v) is 3.04. The maximum absolute atomic E-state index is 12.5. The maximum Gasteiger partial charge on any atom is 0.312 e. The molecule has 0 saturated heterocycles. The van der Waals surface area contributed by atoms with E-state index >= 15 is 0 Å². The molecule has 0 bridgehead atoms. The third-order valence-electron chi connectivity index (χ3n) is 4.51. The molecule has 0 atom stereocenters. The summed E-state index contributed by atoms with van der Waals surface area (Å²) >= 11 is 0. The number of benzene rings is 1. The van der Waals surface area contributed by atoms with E-state index in [0.717, 1.165) is 17.7 Å². The summed E-state index contributed by atoms with van der Waals surface area (Å²) in [5.41, 5.74) is 3.19. The average Bonchev–Trinajstić information content (AvgIpc) is 3.24. The SMILES string of the molecule is CCn1cc(CNC(=O)c2cccc(Cn3nc(C)c([N+](=O)[O-])c3C)c2)cn1. The zero-order valence-electron chi connectivity index (χ0n) is 16.0. The van der Waals surface area contributed by atoms with Gasteiger partial charge in [0.15, 0.2) is 0 Å². The minimum Gasteiger partial charge on any atom is -0.348 e. The number of nitrogens with zero attached hydrogens (tertiary/aromatic N) is 5. The van der Waals surface area contributed by atoms with Crippen LogP contribution in [0, 0.1) is 24.0 Å². The molecule has 2 heterocycles. The van der Waals surface area contributed by atoms with Gasteiger partial charge in [-0.1, -0.05) is 12.1 Å². The highest BCUT2D eigenvalue weighted by atomic mass is 16.6. The van der Waals surface area contributed by atoms with Crippen molar-refractivity contribution < 1.29 is 9.72 Å². The van der Waals surface area contributed by atoms with E-state index in [1.54, 1.807) is 47.6 Å². The van der Waals surface area contributed by atoms with Gasteiger partial charge in [0.05, 0.1) is 17.7 Å². The molecule has 3 aromatic rings. The molecular weight excluding hydrogens is 360 g/mol. The van der Waals surface area contributed by atoms with Crippen molar-refractivity contribution in [3.63, 3.8) is 0 Å². The smallest absolute Gasteiger partial charge is 0.312 e. The van der Waals surface area contributed by atoms with Crippen molar-refractivity contribution in [1.82, 2.24) is 24.9 Å². The molecule has 28 heavy (non-hydrogen) atoms. The van der Waals surface area contributed by atoms with Crippen LogP contribution >= 0.6 is 0 Å². The van der Waals surface area contributed by atoms with Gasteiger partial charge in [0, 0.05) is 30.4 Å². The highest BCUT2D eigenvalue weighted by Crippen LogP contribution is 2.22. The molecule has 0 fully saturated rings. The molecule has 0 aliphatic rings. The number of carbonyl (C=O) groups is 1. The van der Waals surface area contributed by atoms with Crippen LogP contribution in [0.15, 0.2) is 36.7 Å². The Bertz CT molecular complexity index is 1020. The van der Waals surface area contributed by atoms with Crippen molar-refractivity contribution in [2.75, 3.05) is 0 Å². The molecular formula is C19H22N6O3. The standard InChI is InChI=1S/C19H22N6O3/c1-4-23-11-16(10-21-23)9-20-19(26)17-7-5-6-15(8-17)12-24-14(3)18(25(27)28)13(2)22-24/h5-8,10-11H,4,9,12H2,1-3H3,(H,20,26). The molecule has 0 radical (unpaired) electrons. The largest absolute Gasteiger partial charge is 0.348 e. The van der Waals surface area contributed by atoms with Crippen molar-refractivity contribution in [1.29, 1.82) is 0 Å². The average molecular weight is 382 g/mol. The zero-order chi connectivity index (χ0) is 20.3. The summed E-state index contributed by atoms with van der Waals surface area (Å²) in [5.74, 6) is -0.189. The first-order valence-corrected chi connectivity index (χ1v) is 8.96.